The Bertz CT molecular complexity index is 3510. The molecule has 3 heteroatoms. The first-order valence-corrected chi connectivity index (χ1v) is 21.4. The van der Waals surface area contributed by atoms with Gasteiger partial charge in [0.05, 0.1) is 22.4 Å². The molecule has 1 aliphatic rings. The minimum atomic E-state index is -0.0919. The highest BCUT2D eigenvalue weighted by Gasteiger charge is 2.37. The van der Waals surface area contributed by atoms with E-state index in [0.717, 1.165) is 39.3 Å². The minimum absolute atomic E-state index is 0.0919. The van der Waals surface area contributed by atoms with E-state index >= 15 is 0 Å². The van der Waals surface area contributed by atoms with Crippen LogP contribution < -0.4 is 0 Å². The molecule has 1 aliphatic carbocycles. The number of aromatic nitrogens is 3. The molecule has 11 aromatic rings. The van der Waals surface area contributed by atoms with Crippen LogP contribution in [0.2, 0.25) is 0 Å². The second-order valence-corrected chi connectivity index (χ2v) is 17.0. The van der Waals surface area contributed by atoms with Crippen LogP contribution in [0.5, 0.6) is 0 Å². The average Bonchev–Trinajstić information content (AvgIpc) is 3.78. The van der Waals surface area contributed by atoms with E-state index in [1.807, 2.05) is 18.2 Å². The van der Waals surface area contributed by atoms with Gasteiger partial charge < -0.3 is 4.57 Å². The fourth-order valence-electron chi connectivity index (χ4n) is 9.83. The summed E-state index contributed by atoms with van der Waals surface area (Å²) >= 11 is 0. The summed E-state index contributed by atoms with van der Waals surface area (Å²) in [5, 5.41) is 5.06. The van der Waals surface area contributed by atoms with Crippen molar-refractivity contribution in [3.05, 3.63) is 223 Å². The maximum absolute atomic E-state index is 5.17. The molecule has 9 aromatic carbocycles. The third-order valence-corrected chi connectivity index (χ3v) is 13.0. The maximum atomic E-state index is 5.17. The summed E-state index contributed by atoms with van der Waals surface area (Å²) < 4.78 is 2.37. The summed E-state index contributed by atoms with van der Waals surface area (Å²) in [7, 11) is 0. The second kappa shape index (κ2) is 14.1. The zero-order valence-corrected chi connectivity index (χ0v) is 34.5. The highest BCUT2D eigenvalue weighted by Crippen LogP contribution is 2.53. The van der Waals surface area contributed by atoms with Crippen molar-refractivity contribution >= 4 is 32.6 Å². The lowest BCUT2D eigenvalue weighted by molar-refractivity contribution is 0.661. The first kappa shape index (κ1) is 36.0. The van der Waals surface area contributed by atoms with E-state index in [1.54, 1.807) is 0 Å². The van der Waals surface area contributed by atoms with E-state index in [0.29, 0.717) is 5.82 Å². The highest BCUT2D eigenvalue weighted by atomic mass is 15.0. The van der Waals surface area contributed by atoms with E-state index in [-0.39, 0.29) is 5.41 Å². The Labute approximate surface area is 361 Å². The van der Waals surface area contributed by atoms with Crippen molar-refractivity contribution < 1.29 is 0 Å². The van der Waals surface area contributed by atoms with Crippen molar-refractivity contribution in [1.82, 2.24) is 14.5 Å². The van der Waals surface area contributed by atoms with Gasteiger partial charge in [-0.25, -0.2) is 9.97 Å². The van der Waals surface area contributed by atoms with Crippen LogP contribution in [-0.2, 0) is 5.41 Å². The molecule has 3 nitrogen and oxygen atoms in total. The third-order valence-electron chi connectivity index (χ3n) is 13.0. The monoisotopic (exact) mass is 791 g/mol. The molecular formula is C59H41N3. The molecule has 0 atom stereocenters. The van der Waals surface area contributed by atoms with Gasteiger partial charge in [-0.2, -0.15) is 0 Å². The number of para-hydroxylation sites is 2. The Balaban J connectivity index is 0.917. The summed E-state index contributed by atoms with van der Waals surface area (Å²) in [6, 6.07) is 76.6. The predicted octanol–water partition coefficient (Wildman–Crippen LogP) is 15.4. The Kier molecular flexibility index (Phi) is 8.20. The van der Waals surface area contributed by atoms with Gasteiger partial charge in [0.1, 0.15) is 0 Å². The molecule has 2 heterocycles. The van der Waals surface area contributed by atoms with Gasteiger partial charge in [-0.15, -0.1) is 0 Å². The summed E-state index contributed by atoms with van der Waals surface area (Å²) in [5.41, 5.74) is 18.5. The SMILES string of the molecule is CC1(C)c2cc3ccccc3cc2-c2c(-c3ccc(-c4cc(-c5ccc(-c6ccc7c8ccccc8n(-c8ccccc8)c7c6)cc5)nc(-c5ccccc5)n4)cc3)cccc21. The average molecular weight is 792 g/mol. The van der Waals surface area contributed by atoms with E-state index < -0.39 is 0 Å². The summed E-state index contributed by atoms with van der Waals surface area (Å²) in [6.07, 6.45) is 0. The van der Waals surface area contributed by atoms with Crippen molar-refractivity contribution in [2.24, 2.45) is 0 Å². The van der Waals surface area contributed by atoms with Crippen molar-refractivity contribution in [2.75, 3.05) is 0 Å². The summed E-state index contributed by atoms with van der Waals surface area (Å²) in [4.78, 5) is 10.3. The Morgan fingerprint density at radius 3 is 1.68 bits per heavy atom. The van der Waals surface area contributed by atoms with Gasteiger partial charge in [0, 0.05) is 38.6 Å². The molecule has 0 spiro atoms. The van der Waals surface area contributed by atoms with Crippen molar-refractivity contribution in [3.8, 4) is 73.0 Å². The largest absolute Gasteiger partial charge is 0.309 e. The first-order valence-electron chi connectivity index (χ1n) is 21.4. The molecular weight excluding hydrogens is 751 g/mol. The molecule has 0 aliphatic heterocycles. The van der Waals surface area contributed by atoms with Crippen molar-refractivity contribution in [2.45, 2.75) is 19.3 Å². The molecule has 0 bridgehead atoms. The standard InChI is InChI=1S/C59H41N3/c1-59(2)51-22-13-21-47(57(51)50-34-43-16-9-10-17-44(43)35-52(50)59)39-26-30-41(31-27-39)54-37-53(60-58(61-54)42-14-5-3-6-15-42)40-28-24-38(25-29-40)45-32-33-49-48-20-11-12-23-55(48)62(56(49)36-45)46-18-7-4-8-19-46/h3-37H,1-2H3. The van der Waals surface area contributed by atoms with Gasteiger partial charge in [-0.1, -0.05) is 184 Å². The smallest absolute Gasteiger partial charge is 0.160 e. The topological polar surface area (TPSA) is 30.7 Å². The quantitative estimate of drug-likeness (QED) is 0.168. The number of hydrogen-bond acceptors (Lipinski definition) is 2. The fraction of sp³-hybridized carbons (Fsp3) is 0.0508. The van der Waals surface area contributed by atoms with Crippen LogP contribution in [0.4, 0.5) is 0 Å². The lowest BCUT2D eigenvalue weighted by Gasteiger charge is -2.22. The zero-order valence-electron chi connectivity index (χ0n) is 34.5. The predicted molar refractivity (Wildman–Crippen MR) is 259 cm³/mol. The van der Waals surface area contributed by atoms with Gasteiger partial charge >= 0.3 is 0 Å². The molecule has 0 saturated heterocycles. The molecule has 0 fully saturated rings. The van der Waals surface area contributed by atoms with Crippen LogP contribution in [-0.4, -0.2) is 14.5 Å². The van der Waals surface area contributed by atoms with Crippen molar-refractivity contribution in [3.63, 3.8) is 0 Å². The van der Waals surface area contributed by atoms with E-state index in [2.05, 4.69) is 213 Å². The normalized spacial score (nSPS) is 12.8. The number of rotatable bonds is 6. The highest BCUT2D eigenvalue weighted by molar-refractivity contribution is 6.10. The molecule has 0 saturated carbocycles. The van der Waals surface area contributed by atoms with Gasteiger partial charge in [-0.05, 0) is 97.7 Å². The van der Waals surface area contributed by atoms with Gasteiger partial charge in [-0.3, -0.25) is 0 Å². The maximum Gasteiger partial charge on any atom is 0.160 e. The lowest BCUT2D eigenvalue weighted by atomic mass is 9.81. The van der Waals surface area contributed by atoms with Gasteiger partial charge in [0.15, 0.2) is 5.82 Å². The van der Waals surface area contributed by atoms with E-state index in [9.17, 15) is 0 Å². The third kappa shape index (κ3) is 5.81. The summed E-state index contributed by atoms with van der Waals surface area (Å²) in [5.74, 6) is 0.706. The van der Waals surface area contributed by atoms with Crippen LogP contribution in [0.25, 0.3) is 106 Å². The first-order chi connectivity index (χ1) is 30.5. The van der Waals surface area contributed by atoms with Crippen LogP contribution in [0.1, 0.15) is 25.0 Å². The van der Waals surface area contributed by atoms with Crippen LogP contribution in [0.3, 0.4) is 0 Å². The molecule has 0 N–H and O–H groups in total. The zero-order chi connectivity index (χ0) is 41.4. The Morgan fingerprint density at radius 1 is 0.371 bits per heavy atom. The number of benzene rings is 9. The Morgan fingerprint density at radius 2 is 0.952 bits per heavy atom. The molecule has 0 radical (unpaired) electrons. The lowest BCUT2D eigenvalue weighted by Crippen LogP contribution is -2.14. The molecule has 62 heavy (non-hydrogen) atoms. The number of hydrogen-bond donors (Lipinski definition) is 0. The Hall–Kier alpha value is -7.88. The number of nitrogens with zero attached hydrogens (tertiary/aromatic N) is 3. The molecule has 292 valence electrons. The van der Waals surface area contributed by atoms with E-state index in [1.165, 1.54) is 71.5 Å². The van der Waals surface area contributed by atoms with Crippen LogP contribution in [0.15, 0.2) is 212 Å². The second-order valence-electron chi connectivity index (χ2n) is 17.0. The summed E-state index contributed by atoms with van der Waals surface area (Å²) in [6.45, 7) is 4.71. The van der Waals surface area contributed by atoms with Crippen molar-refractivity contribution in [1.29, 1.82) is 0 Å². The molecule has 2 aromatic heterocycles. The fourth-order valence-corrected chi connectivity index (χ4v) is 9.83. The number of fused-ring (bicyclic) bond motifs is 7. The minimum Gasteiger partial charge on any atom is -0.309 e. The molecule has 0 amide bonds. The van der Waals surface area contributed by atoms with Gasteiger partial charge in [0.2, 0.25) is 0 Å². The molecule has 0 unspecified atom stereocenters. The van der Waals surface area contributed by atoms with Crippen LogP contribution in [0, 0.1) is 0 Å². The van der Waals surface area contributed by atoms with Crippen LogP contribution >= 0.6 is 0 Å². The van der Waals surface area contributed by atoms with Gasteiger partial charge in [0.25, 0.3) is 0 Å². The van der Waals surface area contributed by atoms with E-state index in [4.69, 9.17) is 9.97 Å². The molecule has 12 rings (SSSR count).